The maximum atomic E-state index is 13.4. The quantitative estimate of drug-likeness (QED) is 0.410. The molecule has 8 nitrogen and oxygen atoms in total. The third-order valence-corrected chi connectivity index (χ3v) is 10.2. The summed E-state index contributed by atoms with van der Waals surface area (Å²) in [6.07, 6.45) is 2.98. The SMILES string of the molecule is CC(C)(C)C1CCc2c(sc(NCC(O)COc3cccc(C=O)c3)c2C(=O)NC2CCS(=O)(=O)C2)C1. The topological polar surface area (TPSA) is 122 Å². The standard InChI is InChI=1S/C27H36N2O6S2/c1-27(2,3)18-7-8-22-23(12-18)36-26(24(22)25(32)29-19-9-10-37(33,34)16-19)28-13-20(31)15-35-21-6-4-5-17(11-21)14-30/h4-6,11,14,18-20,28,31H,7-10,12-13,15-16H2,1-3H3,(H,29,32). The first-order valence-electron chi connectivity index (χ1n) is 12.7. The molecule has 3 unspecified atom stereocenters. The Morgan fingerprint density at radius 3 is 2.76 bits per heavy atom. The Morgan fingerprint density at radius 2 is 2.08 bits per heavy atom. The minimum atomic E-state index is -3.11. The van der Waals surface area contributed by atoms with Gasteiger partial charge in [-0.3, -0.25) is 9.59 Å². The number of rotatable bonds is 9. The number of carbonyl (C=O) groups excluding carboxylic acids is 2. The summed E-state index contributed by atoms with van der Waals surface area (Å²) in [7, 11) is -3.11. The average Bonchev–Trinajstić information content (AvgIpc) is 3.39. The number of anilines is 1. The molecule has 202 valence electrons. The smallest absolute Gasteiger partial charge is 0.254 e. The van der Waals surface area contributed by atoms with Crippen molar-refractivity contribution >= 4 is 38.4 Å². The molecule has 4 rings (SSSR count). The predicted octanol–water partition coefficient (Wildman–Crippen LogP) is 3.48. The first kappa shape index (κ1) is 27.6. The van der Waals surface area contributed by atoms with E-state index in [2.05, 4.69) is 31.4 Å². The maximum Gasteiger partial charge on any atom is 0.254 e. The number of hydrogen-bond donors (Lipinski definition) is 3. The fraction of sp³-hybridized carbons (Fsp3) is 0.556. The number of ether oxygens (including phenoxy) is 1. The highest BCUT2D eigenvalue weighted by molar-refractivity contribution is 7.91. The van der Waals surface area contributed by atoms with Crippen molar-refractivity contribution < 1.29 is 27.9 Å². The maximum absolute atomic E-state index is 13.4. The molecule has 0 saturated carbocycles. The van der Waals surface area contributed by atoms with E-state index in [1.165, 1.54) is 4.88 Å². The number of nitrogens with one attached hydrogen (secondary N) is 2. The van der Waals surface area contributed by atoms with E-state index < -0.39 is 15.9 Å². The summed E-state index contributed by atoms with van der Waals surface area (Å²) < 4.78 is 29.4. The van der Waals surface area contributed by atoms with Gasteiger partial charge >= 0.3 is 0 Å². The van der Waals surface area contributed by atoms with Crippen LogP contribution in [0.15, 0.2) is 24.3 Å². The van der Waals surface area contributed by atoms with Crippen molar-refractivity contribution in [3.8, 4) is 5.75 Å². The Hall–Kier alpha value is -2.43. The average molecular weight is 549 g/mol. The van der Waals surface area contributed by atoms with Gasteiger partial charge in [-0.15, -0.1) is 11.3 Å². The molecule has 1 aliphatic carbocycles. The molecule has 0 spiro atoms. The molecule has 37 heavy (non-hydrogen) atoms. The molecule has 1 aromatic heterocycles. The Morgan fingerprint density at radius 1 is 1.30 bits per heavy atom. The molecule has 3 atom stereocenters. The molecule has 1 aromatic carbocycles. The molecule has 10 heteroatoms. The number of benzene rings is 1. The lowest BCUT2D eigenvalue weighted by Gasteiger charge is -2.33. The molecular formula is C27H36N2O6S2. The van der Waals surface area contributed by atoms with Gasteiger partial charge < -0.3 is 20.5 Å². The highest BCUT2D eigenvalue weighted by Gasteiger charge is 2.35. The number of amides is 1. The van der Waals surface area contributed by atoms with E-state index in [1.807, 2.05) is 0 Å². The minimum absolute atomic E-state index is 0.0218. The number of fused-ring (bicyclic) bond motifs is 1. The lowest BCUT2D eigenvalue weighted by Crippen LogP contribution is -2.36. The molecule has 0 bridgehead atoms. The number of carbonyl (C=O) groups is 2. The van der Waals surface area contributed by atoms with E-state index in [9.17, 15) is 23.1 Å². The molecule has 3 N–H and O–H groups in total. The molecule has 1 amide bonds. The van der Waals surface area contributed by atoms with Gasteiger partial charge in [0.15, 0.2) is 9.84 Å². The van der Waals surface area contributed by atoms with Crippen LogP contribution in [0.5, 0.6) is 5.75 Å². The van der Waals surface area contributed by atoms with E-state index in [0.29, 0.717) is 34.2 Å². The summed E-state index contributed by atoms with van der Waals surface area (Å²) in [5, 5.41) is 17.4. The van der Waals surface area contributed by atoms with Gasteiger partial charge in [-0.25, -0.2) is 8.42 Å². The van der Waals surface area contributed by atoms with Crippen LogP contribution in [0.3, 0.4) is 0 Å². The van der Waals surface area contributed by atoms with Gasteiger partial charge in [0.1, 0.15) is 29.7 Å². The second-order valence-electron chi connectivity index (χ2n) is 11.1. The van der Waals surface area contributed by atoms with Gasteiger partial charge in [0.2, 0.25) is 0 Å². The number of thiophene rings is 1. The van der Waals surface area contributed by atoms with Crippen LogP contribution in [0.25, 0.3) is 0 Å². The molecule has 0 radical (unpaired) electrons. The molecule has 2 heterocycles. The van der Waals surface area contributed by atoms with Gasteiger partial charge in [0, 0.05) is 23.0 Å². The van der Waals surface area contributed by atoms with Crippen LogP contribution >= 0.6 is 11.3 Å². The molecule has 2 aromatic rings. The summed E-state index contributed by atoms with van der Waals surface area (Å²) in [6.45, 7) is 6.92. The highest BCUT2D eigenvalue weighted by atomic mass is 32.2. The van der Waals surface area contributed by atoms with Gasteiger partial charge in [-0.05, 0) is 54.7 Å². The zero-order chi connectivity index (χ0) is 26.8. The van der Waals surface area contributed by atoms with Gasteiger partial charge in [-0.2, -0.15) is 0 Å². The number of hydrogen-bond acceptors (Lipinski definition) is 8. The van der Waals surface area contributed by atoms with Crippen molar-refractivity contribution in [3.05, 3.63) is 45.8 Å². The Balaban J connectivity index is 1.47. The van der Waals surface area contributed by atoms with Crippen LogP contribution in [-0.2, 0) is 22.7 Å². The Kier molecular flexibility index (Phi) is 8.30. The van der Waals surface area contributed by atoms with Crippen LogP contribution in [-0.4, -0.2) is 62.5 Å². The van der Waals surface area contributed by atoms with E-state index in [1.54, 1.807) is 35.6 Å². The minimum Gasteiger partial charge on any atom is -0.491 e. The first-order valence-corrected chi connectivity index (χ1v) is 15.3. The Labute approximate surface area is 222 Å². The van der Waals surface area contributed by atoms with Crippen molar-refractivity contribution in [3.63, 3.8) is 0 Å². The van der Waals surface area contributed by atoms with E-state index in [4.69, 9.17) is 4.74 Å². The van der Waals surface area contributed by atoms with E-state index >= 15 is 0 Å². The summed E-state index contributed by atoms with van der Waals surface area (Å²) in [5.41, 5.74) is 2.25. The predicted molar refractivity (Wildman–Crippen MR) is 146 cm³/mol. The fourth-order valence-corrected chi connectivity index (χ4v) is 8.00. The Bertz CT molecular complexity index is 1250. The summed E-state index contributed by atoms with van der Waals surface area (Å²) in [5.74, 6) is 0.813. The van der Waals surface area contributed by atoms with Crippen molar-refractivity contribution in [1.82, 2.24) is 5.32 Å². The van der Waals surface area contributed by atoms with Gasteiger partial charge in [-0.1, -0.05) is 32.9 Å². The van der Waals surface area contributed by atoms with E-state index in [0.717, 1.165) is 31.1 Å². The number of sulfone groups is 1. The molecular weight excluding hydrogens is 512 g/mol. The van der Waals surface area contributed by atoms with Crippen molar-refractivity contribution in [2.45, 2.75) is 58.6 Å². The van der Waals surface area contributed by atoms with Gasteiger partial charge in [0.05, 0.1) is 17.1 Å². The molecule has 1 fully saturated rings. The van der Waals surface area contributed by atoms with Crippen LogP contribution in [0.2, 0.25) is 0 Å². The number of aliphatic hydroxyl groups excluding tert-OH is 1. The lowest BCUT2D eigenvalue weighted by atomic mass is 9.72. The largest absolute Gasteiger partial charge is 0.491 e. The van der Waals surface area contributed by atoms with Crippen molar-refractivity contribution in [2.75, 3.05) is 30.0 Å². The zero-order valence-electron chi connectivity index (χ0n) is 21.6. The lowest BCUT2D eigenvalue weighted by molar-refractivity contribution is 0.0939. The van der Waals surface area contributed by atoms with Crippen LogP contribution in [0.1, 0.15) is 64.8 Å². The van der Waals surface area contributed by atoms with E-state index in [-0.39, 0.29) is 42.0 Å². The second-order valence-corrected chi connectivity index (χ2v) is 14.5. The number of aliphatic hydroxyl groups is 1. The molecule has 2 aliphatic rings. The first-order chi connectivity index (χ1) is 17.4. The van der Waals surface area contributed by atoms with Crippen molar-refractivity contribution in [1.29, 1.82) is 0 Å². The second kappa shape index (κ2) is 11.1. The zero-order valence-corrected chi connectivity index (χ0v) is 23.2. The summed E-state index contributed by atoms with van der Waals surface area (Å²) in [4.78, 5) is 25.5. The third-order valence-electron chi connectivity index (χ3n) is 7.22. The molecule has 1 aliphatic heterocycles. The fourth-order valence-electron chi connectivity index (χ4n) is 5.00. The normalized spacial score (nSPS) is 21.6. The van der Waals surface area contributed by atoms with Crippen LogP contribution < -0.4 is 15.4 Å². The monoisotopic (exact) mass is 548 g/mol. The summed E-state index contributed by atoms with van der Waals surface area (Å²) in [6, 6.07) is 6.34. The molecule has 1 saturated heterocycles. The van der Waals surface area contributed by atoms with Gasteiger partial charge in [0.25, 0.3) is 5.91 Å². The third kappa shape index (κ3) is 6.91. The van der Waals surface area contributed by atoms with Crippen LogP contribution in [0.4, 0.5) is 5.00 Å². The summed E-state index contributed by atoms with van der Waals surface area (Å²) >= 11 is 1.55. The van der Waals surface area contributed by atoms with Crippen LogP contribution in [0, 0.1) is 11.3 Å². The number of aldehydes is 1. The van der Waals surface area contributed by atoms with Crippen molar-refractivity contribution in [2.24, 2.45) is 11.3 Å². The highest BCUT2D eigenvalue weighted by Crippen LogP contribution is 2.44.